The summed E-state index contributed by atoms with van der Waals surface area (Å²) in [6, 6.07) is 6.62. The summed E-state index contributed by atoms with van der Waals surface area (Å²) in [7, 11) is 0. The number of carbonyl (C=O) groups is 2. The molecule has 24 heavy (non-hydrogen) atoms. The molecule has 2 heterocycles. The van der Waals surface area contributed by atoms with Crippen molar-refractivity contribution in [2.24, 2.45) is 11.7 Å². The van der Waals surface area contributed by atoms with Gasteiger partial charge in [0.15, 0.2) is 5.58 Å². The third-order valence-electron chi connectivity index (χ3n) is 4.30. The molecule has 1 aliphatic rings. The topological polar surface area (TPSA) is 122 Å². The number of nitrogens with zero attached hydrogens (tertiary/aromatic N) is 2. The van der Waals surface area contributed by atoms with Gasteiger partial charge >= 0.3 is 6.09 Å². The van der Waals surface area contributed by atoms with Crippen LogP contribution in [0.4, 0.5) is 4.79 Å². The molecule has 0 radical (unpaired) electrons. The lowest BCUT2D eigenvalue weighted by molar-refractivity contribution is -0.119. The molecule has 2 aromatic rings. The average molecular weight is 332 g/mol. The molecule has 1 aromatic heterocycles. The molecule has 1 unspecified atom stereocenters. The summed E-state index contributed by atoms with van der Waals surface area (Å²) in [5.74, 6) is -0.381. The van der Waals surface area contributed by atoms with Crippen molar-refractivity contribution in [1.82, 2.24) is 15.2 Å². The number of primary amides is 1. The monoisotopic (exact) mass is 332 g/mol. The average Bonchev–Trinajstić information content (AvgIpc) is 2.98. The standard InChI is InChI=1S/C16H20N4O4/c17-13(21)9-20(16(22)23)14(10-5-7-18-8-6-10)15-19-11-3-1-2-4-12(11)24-15/h1-4,10,14,18H,5-9H2,(H2,17,21)(H,22,23). The van der Waals surface area contributed by atoms with E-state index in [9.17, 15) is 14.7 Å². The Kier molecular flexibility index (Phi) is 4.66. The predicted molar refractivity (Wildman–Crippen MR) is 86.3 cm³/mol. The van der Waals surface area contributed by atoms with Crippen molar-refractivity contribution in [2.45, 2.75) is 18.9 Å². The lowest BCUT2D eigenvalue weighted by Gasteiger charge is -2.34. The fraction of sp³-hybridized carbons (Fsp3) is 0.438. The number of para-hydroxylation sites is 2. The van der Waals surface area contributed by atoms with E-state index in [1.165, 1.54) is 0 Å². The van der Waals surface area contributed by atoms with Crippen LogP contribution in [0.2, 0.25) is 0 Å². The molecule has 3 rings (SSSR count). The van der Waals surface area contributed by atoms with Crippen LogP contribution in [-0.4, -0.2) is 46.6 Å². The Hall–Kier alpha value is -2.61. The van der Waals surface area contributed by atoms with E-state index in [0.717, 1.165) is 30.8 Å². The van der Waals surface area contributed by atoms with Crippen LogP contribution in [0.1, 0.15) is 24.8 Å². The van der Waals surface area contributed by atoms with Gasteiger partial charge < -0.3 is 20.6 Å². The first-order valence-electron chi connectivity index (χ1n) is 7.90. The summed E-state index contributed by atoms with van der Waals surface area (Å²) >= 11 is 0. The Morgan fingerprint density at radius 1 is 1.38 bits per heavy atom. The van der Waals surface area contributed by atoms with Crippen LogP contribution in [0, 0.1) is 5.92 Å². The van der Waals surface area contributed by atoms with Gasteiger partial charge in [0.2, 0.25) is 11.8 Å². The van der Waals surface area contributed by atoms with E-state index in [0.29, 0.717) is 17.0 Å². The Morgan fingerprint density at radius 2 is 2.08 bits per heavy atom. The number of aromatic nitrogens is 1. The van der Waals surface area contributed by atoms with Gasteiger partial charge in [0.1, 0.15) is 18.1 Å². The summed E-state index contributed by atoms with van der Waals surface area (Å²) in [6.45, 7) is 1.18. The normalized spacial score (nSPS) is 16.8. The van der Waals surface area contributed by atoms with Gasteiger partial charge in [0, 0.05) is 0 Å². The quantitative estimate of drug-likeness (QED) is 0.759. The Balaban J connectivity index is 2.02. The van der Waals surface area contributed by atoms with Crippen molar-refractivity contribution in [1.29, 1.82) is 0 Å². The second-order valence-electron chi connectivity index (χ2n) is 5.93. The molecule has 2 amide bonds. The fourth-order valence-corrected chi connectivity index (χ4v) is 3.22. The molecular formula is C16H20N4O4. The molecule has 1 atom stereocenters. The van der Waals surface area contributed by atoms with E-state index in [1.807, 2.05) is 12.1 Å². The van der Waals surface area contributed by atoms with Gasteiger partial charge in [0.25, 0.3) is 0 Å². The van der Waals surface area contributed by atoms with Gasteiger partial charge in [-0.25, -0.2) is 9.78 Å². The molecule has 0 spiro atoms. The molecular weight excluding hydrogens is 312 g/mol. The third-order valence-corrected chi connectivity index (χ3v) is 4.30. The molecule has 0 bridgehead atoms. The first kappa shape index (κ1) is 16.3. The lowest BCUT2D eigenvalue weighted by Crippen LogP contribution is -2.45. The highest BCUT2D eigenvalue weighted by molar-refractivity contribution is 5.80. The third kappa shape index (κ3) is 3.33. The van der Waals surface area contributed by atoms with Crippen molar-refractivity contribution >= 4 is 23.1 Å². The van der Waals surface area contributed by atoms with Crippen molar-refractivity contribution in [2.75, 3.05) is 19.6 Å². The summed E-state index contributed by atoms with van der Waals surface area (Å²) in [5, 5.41) is 12.8. The molecule has 0 saturated carbocycles. The molecule has 8 heteroatoms. The largest absolute Gasteiger partial charge is 0.465 e. The highest BCUT2D eigenvalue weighted by Gasteiger charge is 2.37. The number of amides is 2. The molecule has 8 nitrogen and oxygen atoms in total. The minimum Gasteiger partial charge on any atom is -0.465 e. The number of carbonyl (C=O) groups excluding carboxylic acids is 1. The SMILES string of the molecule is NC(=O)CN(C(=O)O)C(c1nc2ccccc2o1)C1CCNCC1. The van der Waals surface area contributed by atoms with E-state index in [4.69, 9.17) is 10.2 Å². The maximum Gasteiger partial charge on any atom is 0.408 e. The zero-order chi connectivity index (χ0) is 17.1. The fourth-order valence-electron chi connectivity index (χ4n) is 3.22. The zero-order valence-corrected chi connectivity index (χ0v) is 13.1. The number of hydrogen-bond donors (Lipinski definition) is 3. The molecule has 4 N–H and O–H groups in total. The Bertz CT molecular complexity index is 706. The van der Waals surface area contributed by atoms with Crippen molar-refractivity contribution in [3.63, 3.8) is 0 Å². The van der Waals surface area contributed by atoms with E-state index in [2.05, 4.69) is 10.3 Å². The number of fused-ring (bicyclic) bond motifs is 1. The van der Waals surface area contributed by atoms with Crippen LogP contribution >= 0.6 is 0 Å². The van der Waals surface area contributed by atoms with Crippen molar-refractivity contribution < 1.29 is 19.1 Å². The van der Waals surface area contributed by atoms with Crippen LogP contribution in [0.3, 0.4) is 0 Å². The summed E-state index contributed by atoms with van der Waals surface area (Å²) in [5.41, 5.74) is 6.50. The smallest absolute Gasteiger partial charge is 0.408 e. The predicted octanol–water partition coefficient (Wildman–Crippen LogP) is 1.33. The van der Waals surface area contributed by atoms with E-state index in [-0.39, 0.29) is 12.5 Å². The van der Waals surface area contributed by atoms with Gasteiger partial charge in [0.05, 0.1) is 0 Å². The molecule has 128 valence electrons. The van der Waals surface area contributed by atoms with Crippen LogP contribution in [-0.2, 0) is 4.79 Å². The first-order valence-corrected chi connectivity index (χ1v) is 7.90. The lowest BCUT2D eigenvalue weighted by atomic mass is 9.89. The van der Waals surface area contributed by atoms with Gasteiger partial charge in [-0.3, -0.25) is 9.69 Å². The van der Waals surface area contributed by atoms with Crippen LogP contribution in [0.15, 0.2) is 28.7 Å². The number of carboxylic acid groups (broad SMARTS) is 1. The number of oxazole rings is 1. The number of hydrogen-bond acceptors (Lipinski definition) is 5. The number of piperidine rings is 1. The summed E-state index contributed by atoms with van der Waals surface area (Å²) in [6.07, 6.45) is 0.331. The van der Waals surface area contributed by atoms with Gasteiger partial charge in [-0.15, -0.1) is 0 Å². The van der Waals surface area contributed by atoms with Crippen molar-refractivity contribution in [3.8, 4) is 0 Å². The summed E-state index contributed by atoms with van der Waals surface area (Å²) in [4.78, 5) is 28.6. The van der Waals surface area contributed by atoms with E-state index in [1.54, 1.807) is 12.1 Å². The second kappa shape index (κ2) is 6.88. The number of nitrogens with two attached hydrogens (primary N) is 1. The Labute approximate surface area is 138 Å². The van der Waals surface area contributed by atoms with Gasteiger partial charge in [-0.05, 0) is 44.0 Å². The number of rotatable bonds is 5. The number of benzene rings is 1. The van der Waals surface area contributed by atoms with Crippen LogP contribution in [0.5, 0.6) is 0 Å². The maximum absolute atomic E-state index is 11.7. The Morgan fingerprint density at radius 3 is 2.71 bits per heavy atom. The number of nitrogens with one attached hydrogen (secondary N) is 1. The minimum absolute atomic E-state index is 0.00904. The van der Waals surface area contributed by atoms with Crippen LogP contribution in [0.25, 0.3) is 11.1 Å². The molecule has 1 aromatic carbocycles. The second-order valence-corrected chi connectivity index (χ2v) is 5.93. The molecule has 1 aliphatic heterocycles. The van der Waals surface area contributed by atoms with Crippen molar-refractivity contribution in [3.05, 3.63) is 30.2 Å². The highest BCUT2D eigenvalue weighted by Crippen LogP contribution is 2.35. The van der Waals surface area contributed by atoms with Gasteiger partial charge in [-0.1, -0.05) is 12.1 Å². The van der Waals surface area contributed by atoms with E-state index < -0.39 is 18.0 Å². The minimum atomic E-state index is -1.21. The highest BCUT2D eigenvalue weighted by atomic mass is 16.4. The van der Waals surface area contributed by atoms with Gasteiger partial charge in [-0.2, -0.15) is 0 Å². The molecule has 1 fully saturated rings. The van der Waals surface area contributed by atoms with E-state index >= 15 is 0 Å². The molecule has 1 saturated heterocycles. The first-order chi connectivity index (χ1) is 11.6. The summed E-state index contributed by atoms with van der Waals surface area (Å²) < 4.78 is 5.81. The van der Waals surface area contributed by atoms with Crippen LogP contribution < -0.4 is 11.1 Å². The maximum atomic E-state index is 11.7. The molecule has 0 aliphatic carbocycles. The zero-order valence-electron chi connectivity index (χ0n) is 13.1.